The predicted molar refractivity (Wildman–Crippen MR) is 77.4 cm³/mol. The second-order valence-electron chi connectivity index (χ2n) is 4.79. The molecule has 0 amide bonds. The van der Waals surface area contributed by atoms with Gasteiger partial charge in [-0.05, 0) is 6.42 Å². The van der Waals surface area contributed by atoms with Crippen LogP contribution in [0.25, 0.3) is 0 Å². The second kappa shape index (κ2) is 8.50. The van der Waals surface area contributed by atoms with Crippen molar-refractivity contribution in [2.45, 2.75) is 45.4 Å². The molecule has 6 heteroatoms. The summed E-state index contributed by atoms with van der Waals surface area (Å²) in [6.45, 7) is 2.85. The average Bonchev–Trinajstić information content (AvgIpc) is 2.37. The number of hydrogen-bond acceptors (Lipinski definition) is 6. The third-order valence-corrected chi connectivity index (χ3v) is 2.75. The lowest BCUT2D eigenvalue weighted by Gasteiger charge is -2.11. The summed E-state index contributed by atoms with van der Waals surface area (Å²) in [6, 6.07) is 0.310. The first-order valence-electron chi connectivity index (χ1n) is 6.95. The van der Waals surface area contributed by atoms with Crippen molar-refractivity contribution in [2.75, 3.05) is 31.3 Å². The lowest BCUT2D eigenvalue weighted by atomic mass is 10.1. The Hall–Kier alpha value is -1.59. The molecule has 0 spiro atoms. The number of rotatable bonds is 9. The van der Waals surface area contributed by atoms with Crippen molar-refractivity contribution in [2.24, 2.45) is 0 Å². The molecule has 0 aliphatic carbocycles. The Morgan fingerprint density at radius 3 is 2.37 bits per heavy atom. The van der Waals surface area contributed by atoms with E-state index in [9.17, 15) is 0 Å². The van der Waals surface area contributed by atoms with Gasteiger partial charge in [0.05, 0.1) is 6.61 Å². The molecule has 0 fully saturated rings. The lowest BCUT2D eigenvalue weighted by Crippen LogP contribution is -2.15. The normalized spacial score (nSPS) is 10.5. The van der Waals surface area contributed by atoms with Gasteiger partial charge in [0.1, 0.15) is 0 Å². The van der Waals surface area contributed by atoms with Gasteiger partial charge in [0.25, 0.3) is 0 Å². The van der Waals surface area contributed by atoms with Crippen LogP contribution in [-0.4, -0.2) is 35.7 Å². The summed E-state index contributed by atoms with van der Waals surface area (Å²) in [5.41, 5.74) is 5.61. The number of nitrogens with zero attached hydrogens (tertiary/aromatic N) is 4. The van der Waals surface area contributed by atoms with Crippen LogP contribution in [-0.2, 0) is 0 Å². The van der Waals surface area contributed by atoms with E-state index in [0.29, 0.717) is 18.6 Å². The summed E-state index contributed by atoms with van der Waals surface area (Å²) >= 11 is 0. The summed E-state index contributed by atoms with van der Waals surface area (Å²) in [7, 11) is 3.71. The molecule has 0 saturated heterocycles. The molecule has 0 atom stereocenters. The summed E-state index contributed by atoms with van der Waals surface area (Å²) in [5, 5.41) is 0. The van der Waals surface area contributed by atoms with Crippen LogP contribution >= 0.6 is 0 Å². The number of unbranched alkanes of at least 4 members (excludes halogenated alkanes) is 5. The van der Waals surface area contributed by atoms with E-state index in [0.717, 1.165) is 6.42 Å². The highest BCUT2D eigenvalue weighted by molar-refractivity contribution is 5.33. The Balaban J connectivity index is 2.29. The predicted octanol–water partition coefficient (Wildman–Crippen LogP) is 2.26. The molecule has 1 aromatic rings. The van der Waals surface area contributed by atoms with E-state index in [1.165, 1.54) is 32.1 Å². The van der Waals surface area contributed by atoms with Crippen LogP contribution in [0.2, 0.25) is 0 Å². The highest BCUT2D eigenvalue weighted by Crippen LogP contribution is 2.12. The van der Waals surface area contributed by atoms with Crippen molar-refractivity contribution < 1.29 is 4.74 Å². The summed E-state index contributed by atoms with van der Waals surface area (Å²) in [5.74, 6) is 0.710. The van der Waals surface area contributed by atoms with Crippen LogP contribution in [0.1, 0.15) is 45.4 Å². The zero-order valence-corrected chi connectivity index (χ0v) is 12.2. The van der Waals surface area contributed by atoms with Crippen molar-refractivity contribution in [1.82, 2.24) is 15.0 Å². The Labute approximate surface area is 115 Å². The van der Waals surface area contributed by atoms with Gasteiger partial charge < -0.3 is 15.4 Å². The molecule has 0 saturated carbocycles. The van der Waals surface area contributed by atoms with E-state index in [2.05, 4.69) is 21.9 Å². The molecule has 6 nitrogen and oxygen atoms in total. The molecule has 0 bridgehead atoms. The molecule has 1 aromatic heterocycles. The maximum Gasteiger partial charge on any atom is 0.323 e. The zero-order valence-electron chi connectivity index (χ0n) is 12.2. The fraction of sp³-hybridized carbons (Fsp3) is 0.769. The lowest BCUT2D eigenvalue weighted by molar-refractivity contribution is 0.281. The maximum absolute atomic E-state index is 5.61. The quantitative estimate of drug-likeness (QED) is 0.691. The third kappa shape index (κ3) is 6.22. The number of nitrogen functional groups attached to an aromatic ring is 1. The standard InChI is InChI=1S/C13H25N5O/c1-4-5-6-7-8-9-10-19-13-16-11(14)15-12(17-13)18(2)3/h4-10H2,1-3H3,(H2,14,15,16,17). The van der Waals surface area contributed by atoms with Gasteiger partial charge in [0, 0.05) is 14.1 Å². The van der Waals surface area contributed by atoms with E-state index in [1.54, 1.807) is 4.90 Å². The van der Waals surface area contributed by atoms with Gasteiger partial charge in [-0.2, -0.15) is 15.0 Å². The average molecular weight is 267 g/mol. The number of nitrogens with two attached hydrogens (primary N) is 1. The van der Waals surface area contributed by atoms with Gasteiger partial charge in [-0.1, -0.05) is 39.0 Å². The van der Waals surface area contributed by atoms with Crippen molar-refractivity contribution in [3.05, 3.63) is 0 Å². The van der Waals surface area contributed by atoms with Crippen LogP contribution in [0, 0.1) is 0 Å². The molecule has 1 heterocycles. The van der Waals surface area contributed by atoms with Gasteiger partial charge in [0.15, 0.2) is 0 Å². The maximum atomic E-state index is 5.61. The highest BCUT2D eigenvalue weighted by atomic mass is 16.5. The van der Waals surface area contributed by atoms with Crippen molar-refractivity contribution >= 4 is 11.9 Å². The monoisotopic (exact) mass is 267 g/mol. The first-order valence-corrected chi connectivity index (χ1v) is 6.95. The van der Waals surface area contributed by atoms with Crippen LogP contribution in [0.15, 0.2) is 0 Å². The highest BCUT2D eigenvalue weighted by Gasteiger charge is 2.06. The fourth-order valence-electron chi connectivity index (χ4n) is 1.67. The topological polar surface area (TPSA) is 77.2 Å². The first kappa shape index (κ1) is 15.5. The molecule has 2 N–H and O–H groups in total. The summed E-state index contributed by atoms with van der Waals surface area (Å²) < 4.78 is 5.52. The Kier molecular flexibility index (Phi) is 6.92. The van der Waals surface area contributed by atoms with Crippen molar-refractivity contribution in [1.29, 1.82) is 0 Å². The summed E-state index contributed by atoms with van der Waals surface area (Å²) in [4.78, 5) is 13.9. The van der Waals surface area contributed by atoms with Gasteiger partial charge >= 0.3 is 6.01 Å². The van der Waals surface area contributed by atoms with E-state index in [4.69, 9.17) is 10.5 Å². The Morgan fingerprint density at radius 1 is 1.00 bits per heavy atom. The zero-order chi connectivity index (χ0) is 14.1. The SMILES string of the molecule is CCCCCCCCOc1nc(N)nc(N(C)C)n1. The largest absolute Gasteiger partial charge is 0.463 e. The van der Waals surface area contributed by atoms with E-state index in [1.807, 2.05) is 14.1 Å². The molecule has 1 rings (SSSR count). The molecular weight excluding hydrogens is 242 g/mol. The smallest absolute Gasteiger partial charge is 0.323 e. The molecule has 0 unspecified atom stereocenters. The van der Waals surface area contributed by atoms with Crippen molar-refractivity contribution in [3.8, 4) is 6.01 Å². The molecular formula is C13H25N5O. The van der Waals surface area contributed by atoms with E-state index < -0.39 is 0 Å². The molecule has 0 aliphatic rings. The number of hydrogen-bond donors (Lipinski definition) is 1. The second-order valence-corrected chi connectivity index (χ2v) is 4.79. The number of anilines is 2. The molecule has 0 aliphatic heterocycles. The first-order chi connectivity index (χ1) is 9.13. The van der Waals surface area contributed by atoms with Crippen LogP contribution in [0.3, 0.4) is 0 Å². The van der Waals surface area contributed by atoms with Crippen LogP contribution in [0.4, 0.5) is 11.9 Å². The van der Waals surface area contributed by atoms with Crippen LogP contribution in [0.5, 0.6) is 6.01 Å². The van der Waals surface area contributed by atoms with E-state index in [-0.39, 0.29) is 5.95 Å². The van der Waals surface area contributed by atoms with E-state index >= 15 is 0 Å². The van der Waals surface area contributed by atoms with Gasteiger partial charge in [-0.3, -0.25) is 0 Å². The fourth-order valence-corrected chi connectivity index (χ4v) is 1.67. The minimum atomic E-state index is 0.191. The molecule has 0 aromatic carbocycles. The molecule has 0 radical (unpaired) electrons. The Morgan fingerprint density at radius 2 is 1.68 bits per heavy atom. The van der Waals surface area contributed by atoms with Gasteiger partial charge in [-0.25, -0.2) is 0 Å². The Bertz CT molecular complexity index is 370. The van der Waals surface area contributed by atoms with Crippen molar-refractivity contribution in [3.63, 3.8) is 0 Å². The van der Waals surface area contributed by atoms with Crippen LogP contribution < -0.4 is 15.4 Å². The van der Waals surface area contributed by atoms with Gasteiger partial charge in [-0.15, -0.1) is 0 Å². The molecule has 108 valence electrons. The number of ether oxygens (including phenoxy) is 1. The summed E-state index contributed by atoms with van der Waals surface area (Å²) in [6.07, 6.45) is 7.36. The minimum Gasteiger partial charge on any atom is -0.463 e. The number of aromatic nitrogens is 3. The third-order valence-electron chi connectivity index (χ3n) is 2.75. The molecule has 19 heavy (non-hydrogen) atoms. The minimum absolute atomic E-state index is 0.191. The van der Waals surface area contributed by atoms with Gasteiger partial charge in [0.2, 0.25) is 11.9 Å².